The Morgan fingerprint density at radius 3 is 2.55 bits per heavy atom. The van der Waals surface area contributed by atoms with E-state index < -0.39 is 0 Å². The van der Waals surface area contributed by atoms with Gasteiger partial charge in [0.2, 0.25) is 5.91 Å². The predicted octanol–water partition coefficient (Wildman–Crippen LogP) is 1.93. The van der Waals surface area contributed by atoms with Crippen LogP contribution in [0.25, 0.3) is 0 Å². The first-order valence-electron chi connectivity index (χ1n) is 7.26. The van der Waals surface area contributed by atoms with E-state index in [-0.39, 0.29) is 17.9 Å². The van der Waals surface area contributed by atoms with Gasteiger partial charge in [-0.1, -0.05) is 18.2 Å². The van der Waals surface area contributed by atoms with Crippen molar-refractivity contribution in [2.75, 3.05) is 26.3 Å². The minimum atomic E-state index is 0.0344. The van der Waals surface area contributed by atoms with Gasteiger partial charge < -0.3 is 14.4 Å². The zero-order valence-corrected chi connectivity index (χ0v) is 12.1. The molecule has 0 spiro atoms. The Morgan fingerprint density at radius 2 is 1.90 bits per heavy atom. The van der Waals surface area contributed by atoms with Gasteiger partial charge in [-0.25, -0.2) is 0 Å². The summed E-state index contributed by atoms with van der Waals surface area (Å²) in [5.41, 5.74) is 2.27. The molecule has 2 aliphatic rings. The molecule has 0 radical (unpaired) electrons. The Labute approximate surface area is 119 Å². The van der Waals surface area contributed by atoms with E-state index in [1.165, 1.54) is 0 Å². The molecule has 1 aliphatic carbocycles. The molecule has 1 heterocycles. The van der Waals surface area contributed by atoms with Crippen LogP contribution in [0.3, 0.4) is 0 Å². The Bertz CT molecular complexity index is 488. The number of hydrogen-bond acceptors (Lipinski definition) is 3. The van der Waals surface area contributed by atoms with Crippen molar-refractivity contribution in [1.82, 2.24) is 4.90 Å². The van der Waals surface area contributed by atoms with E-state index in [1.54, 1.807) is 0 Å². The summed E-state index contributed by atoms with van der Waals surface area (Å²) in [6.07, 6.45) is 0.884. The summed E-state index contributed by atoms with van der Waals surface area (Å²) in [6, 6.07) is 6.12. The van der Waals surface area contributed by atoms with Gasteiger partial charge >= 0.3 is 0 Å². The van der Waals surface area contributed by atoms with Crippen molar-refractivity contribution in [3.05, 3.63) is 29.3 Å². The van der Waals surface area contributed by atoms with Crippen LogP contribution in [-0.4, -0.2) is 43.2 Å². The van der Waals surface area contributed by atoms with E-state index >= 15 is 0 Å². The highest BCUT2D eigenvalue weighted by atomic mass is 16.5. The van der Waals surface area contributed by atoms with E-state index in [0.717, 1.165) is 23.3 Å². The number of carbonyl (C=O) groups excluding carboxylic acids is 1. The fourth-order valence-corrected chi connectivity index (χ4v) is 2.72. The molecule has 1 saturated carbocycles. The molecule has 1 aliphatic heterocycles. The number of rotatable bonds is 3. The number of carbonyl (C=O) groups is 1. The fraction of sp³-hybridized carbons (Fsp3) is 0.562. The standard InChI is InChI=1S/C16H21NO3/c1-11-4-3-5-12(2)15(11)20-14-10-13(14)16(18)17-6-8-19-9-7-17/h3-5,13-14H,6-10H2,1-2H3/t13-,14-/m0/s1. The molecule has 1 aromatic carbocycles. The lowest BCUT2D eigenvalue weighted by Gasteiger charge is -2.27. The third-order valence-electron chi connectivity index (χ3n) is 4.05. The molecule has 0 bridgehead atoms. The normalized spacial score (nSPS) is 25.4. The quantitative estimate of drug-likeness (QED) is 0.846. The SMILES string of the molecule is Cc1cccc(C)c1O[C@H]1C[C@@H]1C(=O)N1CCOCC1. The van der Waals surface area contributed by atoms with Crippen LogP contribution in [0.4, 0.5) is 0 Å². The van der Waals surface area contributed by atoms with Crippen molar-refractivity contribution < 1.29 is 14.3 Å². The Morgan fingerprint density at radius 1 is 1.25 bits per heavy atom. The maximum Gasteiger partial charge on any atom is 0.229 e. The molecule has 1 saturated heterocycles. The first-order chi connectivity index (χ1) is 9.66. The van der Waals surface area contributed by atoms with Gasteiger partial charge in [0.15, 0.2) is 0 Å². The maximum atomic E-state index is 12.3. The van der Waals surface area contributed by atoms with Crippen LogP contribution in [0.15, 0.2) is 18.2 Å². The van der Waals surface area contributed by atoms with Gasteiger partial charge in [-0.05, 0) is 25.0 Å². The summed E-state index contributed by atoms with van der Waals surface area (Å²) in [6.45, 7) is 6.83. The van der Waals surface area contributed by atoms with Crippen molar-refractivity contribution in [2.45, 2.75) is 26.4 Å². The zero-order valence-electron chi connectivity index (χ0n) is 12.1. The van der Waals surface area contributed by atoms with Crippen LogP contribution in [0.1, 0.15) is 17.5 Å². The van der Waals surface area contributed by atoms with E-state index in [9.17, 15) is 4.79 Å². The topological polar surface area (TPSA) is 38.8 Å². The maximum absolute atomic E-state index is 12.3. The third kappa shape index (κ3) is 2.66. The molecule has 2 fully saturated rings. The number of morpholine rings is 1. The molecule has 1 aromatic rings. The van der Waals surface area contributed by atoms with Crippen molar-refractivity contribution in [3.63, 3.8) is 0 Å². The molecule has 1 amide bonds. The molecule has 0 unspecified atom stereocenters. The van der Waals surface area contributed by atoms with Crippen LogP contribution in [0.2, 0.25) is 0 Å². The van der Waals surface area contributed by atoms with Crippen LogP contribution in [-0.2, 0) is 9.53 Å². The minimum Gasteiger partial charge on any atom is -0.489 e. The highest BCUT2D eigenvalue weighted by Gasteiger charge is 2.47. The molecular formula is C16H21NO3. The molecule has 4 nitrogen and oxygen atoms in total. The first kappa shape index (κ1) is 13.4. The van der Waals surface area contributed by atoms with E-state index in [4.69, 9.17) is 9.47 Å². The number of benzene rings is 1. The summed E-state index contributed by atoms with van der Waals surface area (Å²) in [5.74, 6) is 1.20. The van der Waals surface area contributed by atoms with E-state index in [1.807, 2.05) is 36.9 Å². The first-order valence-corrected chi connectivity index (χ1v) is 7.26. The van der Waals surface area contributed by atoms with Gasteiger partial charge in [0, 0.05) is 19.5 Å². The summed E-state index contributed by atoms with van der Waals surface area (Å²) in [5, 5.41) is 0. The number of aryl methyl sites for hydroxylation is 2. The van der Waals surface area contributed by atoms with Crippen molar-refractivity contribution in [1.29, 1.82) is 0 Å². The molecule has 0 N–H and O–H groups in total. The number of ether oxygens (including phenoxy) is 2. The van der Waals surface area contributed by atoms with Crippen LogP contribution >= 0.6 is 0 Å². The van der Waals surface area contributed by atoms with Gasteiger partial charge in [-0.2, -0.15) is 0 Å². The monoisotopic (exact) mass is 275 g/mol. The lowest BCUT2D eigenvalue weighted by Crippen LogP contribution is -2.42. The highest BCUT2D eigenvalue weighted by molar-refractivity contribution is 5.82. The molecular weight excluding hydrogens is 254 g/mol. The minimum absolute atomic E-state index is 0.0344. The third-order valence-corrected chi connectivity index (χ3v) is 4.05. The fourth-order valence-electron chi connectivity index (χ4n) is 2.72. The second kappa shape index (κ2) is 5.44. The zero-order chi connectivity index (χ0) is 14.1. The Kier molecular flexibility index (Phi) is 3.66. The summed E-state index contributed by atoms with van der Waals surface area (Å²) in [4.78, 5) is 14.2. The Hall–Kier alpha value is -1.55. The lowest BCUT2D eigenvalue weighted by atomic mass is 10.1. The Balaban J connectivity index is 1.60. The van der Waals surface area contributed by atoms with Crippen LogP contribution in [0.5, 0.6) is 5.75 Å². The number of nitrogens with zero attached hydrogens (tertiary/aromatic N) is 1. The van der Waals surface area contributed by atoms with Crippen molar-refractivity contribution in [3.8, 4) is 5.75 Å². The second-order valence-electron chi connectivity index (χ2n) is 5.66. The predicted molar refractivity (Wildman–Crippen MR) is 75.8 cm³/mol. The summed E-state index contributed by atoms with van der Waals surface area (Å²) < 4.78 is 11.3. The molecule has 2 atom stereocenters. The number of hydrogen-bond donors (Lipinski definition) is 0. The summed E-state index contributed by atoms with van der Waals surface area (Å²) in [7, 11) is 0. The lowest BCUT2D eigenvalue weighted by molar-refractivity contribution is -0.137. The number of amides is 1. The van der Waals surface area contributed by atoms with Gasteiger partial charge in [-0.15, -0.1) is 0 Å². The van der Waals surface area contributed by atoms with E-state index in [0.29, 0.717) is 26.3 Å². The average molecular weight is 275 g/mol. The van der Waals surface area contributed by atoms with Crippen molar-refractivity contribution in [2.24, 2.45) is 5.92 Å². The van der Waals surface area contributed by atoms with Gasteiger partial charge in [0.05, 0.1) is 19.1 Å². The molecule has 3 rings (SSSR count). The van der Waals surface area contributed by atoms with Crippen molar-refractivity contribution >= 4 is 5.91 Å². The summed E-state index contributed by atoms with van der Waals surface area (Å²) >= 11 is 0. The van der Waals surface area contributed by atoms with Crippen LogP contribution < -0.4 is 4.74 Å². The second-order valence-corrected chi connectivity index (χ2v) is 5.66. The van der Waals surface area contributed by atoms with Gasteiger partial charge in [-0.3, -0.25) is 4.79 Å². The van der Waals surface area contributed by atoms with Crippen LogP contribution in [0, 0.1) is 19.8 Å². The smallest absolute Gasteiger partial charge is 0.229 e. The molecule has 4 heteroatoms. The largest absolute Gasteiger partial charge is 0.489 e. The number of para-hydroxylation sites is 1. The van der Waals surface area contributed by atoms with Gasteiger partial charge in [0.1, 0.15) is 11.9 Å². The molecule has 0 aromatic heterocycles. The molecule has 20 heavy (non-hydrogen) atoms. The highest BCUT2D eigenvalue weighted by Crippen LogP contribution is 2.38. The van der Waals surface area contributed by atoms with E-state index in [2.05, 4.69) is 0 Å². The average Bonchev–Trinajstić information content (AvgIpc) is 3.23. The van der Waals surface area contributed by atoms with Gasteiger partial charge in [0.25, 0.3) is 0 Å². The molecule has 108 valence electrons.